The number of hydrogen-bond acceptors (Lipinski definition) is 3. The molecule has 5 nitrogen and oxygen atoms in total. The molecule has 0 radical (unpaired) electrons. The molecular formula is C15H23N3O2. The quantitative estimate of drug-likeness (QED) is 0.789. The number of hydrogen-bond donors (Lipinski definition) is 3. The van der Waals surface area contributed by atoms with E-state index in [1.54, 1.807) is 13.1 Å². The van der Waals surface area contributed by atoms with E-state index in [0.717, 1.165) is 5.56 Å². The maximum atomic E-state index is 12.0. The van der Waals surface area contributed by atoms with Crippen molar-refractivity contribution >= 4 is 23.2 Å². The average molecular weight is 277 g/mol. The molecule has 0 aliphatic rings. The summed E-state index contributed by atoms with van der Waals surface area (Å²) in [5.41, 5.74) is 1.87. The number of amides is 2. The van der Waals surface area contributed by atoms with Gasteiger partial charge in [-0.1, -0.05) is 26.8 Å². The van der Waals surface area contributed by atoms with E-state index in [9.17, 15) is 9.59 Å². The van der Waals surface area contributed by atoms with Gasteiger partial charge in [-0.25, -0.2) is 0 Å². The molecule has 1 rings (SSSR count). The molecule has 0 aromatic heterocycles. The zero-order valence-corrected chi connectivity index (χ0v) is 12.8. The Morgan fingerprint density at radius 1 is 1.15 bits per heavy atom. The van der Waals surface area contributed by atoms with Gasteiger partial charge in [0.15, 0.2) is 0 Å². The Labute approximate surface area is 120 Å². The highest BCUT2D eigenvalue weighted by Crippen LogP contribution is 2.23. The Balaban J connectivity index is 2.87. The van der Waals surface area contributed by atoms with Crippen LogP contribution in [0.1, 0.15) is 26.3 Å². The van der Waals surface area contributed by atoms with Gasteiger partial charge in [0, 0.05) is 16.8 Å². The highest BCUT2D eigenvalue weighted by atomic mass is 16.2. The van der Waals surface area contributed by atoms with E-state index in [4.69, 9.17) is 0 Å². The first-order valence-corrected chi connectivity index (χ1v) is 6.60. The molecule has 2 amide bonds. The van der Waals surface area contributed by atoms with E-state index in [1.807, 2.05) is 39.8 Å². The van der Waals surface area contributed by atoms with Crippen molar-refractivity contribution in [1.82, 2.24) is 5.32 Å². The predicted octanol–water partition coefficient (Wildman–Crippen LogP) is 2.14. The minimum absolute atomic E-state index is 0.0562. The van der Waals surface area contributed by atoms with Crippen LogP contribution < -0.4 is 16.0 Å². The minimum Gasteiger partial charge on any atom is -0.325 e. The fraction of sp³-hybridized carbons (Fsp3) is 0.467. The average Bonchev–Trinajstić information content (AvgIpc) is 2.32. The standard InChI is InChI=1S/C15H23N3O2/c1-10-6-7-11(17-13(19)9-16-5)8-12(10)18-14(20)15(2,3)4/h6-8,16H,9H2,1-5H3,(H,17,19)(H,18,20). The third-order valence-corrected chi connectivity index (χ3v) is 2.79. The molecule has 0 heterocycles. The summed E-state index contributed by atoms with van der Waals surface area (Å²) in [5.74, 6) is -0.177. The zero-order chi connectivity index (χ0) is 15.3. The lowest BCUT2D eigenvalue weighted by atomic mass is 9.95. The van der Waals surface area contributed by atoms with Gasteiger partial charge < -0.3 is 16.0 Å². The zero-order valence-electron chi connectivity index (χ0n) is 12.8. The molecule has 0 fully saturated rings. The molecule has 0 aliphatic heterocycles. The fourth-order valence-corrected chi connectivity index (χ4v) is 1.51. The summed E-state index contributed by atoms with van der Waals surface area (Å²) >= 11 is 0. The lowest BCUT2D eigenvalue weighted by Gasteiger charge is -2.19. The van der Waals surface area contributed by atoms with Crippen molar-refractivity contribution in [3.05, 3.63) is 23.8 Å². The van der Waals surface area contributed by atoms with Crippen LogP contribution >= 0.6 is 0 Å². The summed E-state index contributed by atoms with van der Waals surface area (Å²) in [6.07, 6.45) is 0. The van der Waals surface area contributed by atoms with Gasteiger partial charge in [0.25, 0.3) is 0 Å². The Bertz CT molecular complexity index is 504. The molecule has 0 unspecified atom stereocenters. The number of rotatable bonds is 4. The van der Waals surface area contributed by atoms with E-state index in [-0.39, 0.29) is 18.4 Å². The summed E-state index contributed by atoms with van der Waals surface area (Å²) in [5, 5.41) is 8.44. The van der Waals surface area contributed by atoms with Crippen molar-refractivity contribution in [3.8, 4) is 0 Å². The molecule has 0 saturated carbocycles. The first-order chi connectivity index (χ1) is 9.24. The van der Waals surface area contributed by atoms with E-state index < -0.39 is 5.41 Å². The van der Waals surface area contributed by atoms with Gasteiger partial charge in [-0.15, -0.1) is 0 Å². The molecule has 0 saturated heterocycles. The minimum atomic E-state index is -0.460. The highest BCUT2D eigenvalue weighted by molar-refractivity contribution is 5.97. The second-order valence-corrected chi connectivity index (χ2v) is 5.81. The van der Waals surface area contributed by atoms with Crippen molar-refractivity contribution < 1.29 is 9.59 Å². The maximum Gasteiger partial charge on any atom is 0.238 e. The third-order valence-electron chi connectivity index (χ3n) is 2.79. The predicted molar refractivity (Wildman–Crippen MR) is 81.8 cm³/mol. The number of nitrogens with one attached hydrogen (secondary N) is 3. The van der Waals surface area contributed by atoms with E-state index in [1.165, 1.54) is 0 Å². The van der Waals surface area contributed by atoms with Gasteiger partial charge in [-0.3, -0.25) is 9.59 Å². The number of benzene rings is 1. The van der Waals surface area contributed by atoms with Gasteiger partial charge in [0.1, 0.15) is 0 Å². The number of carbonyl (C=O) groups excluding carboxylic acids is 2. The highest BCUT2D eigenvalue weighted by Gasteiger charge is 2.21. The third kappa shape index (κ3) is 4.66. The van der Waals surface area contributed by atoms with Crippen LogP contribution in [0.25, 0.3) is 0 Å². The molecule has 110 valence electrons. The van der Waals surface area contributed by atoms with Crippen molar-refractivity contribution in [2.24, 2.45) is 5.41 Å². The van der Waals surface area contributed by atoms with Gasteiger partial charge in [-0.2, -0.15) is 0 Å². The smallest absolute Gasteiger partial charge is 0.238 e. The summed E-state index contributed by atoms with van der Waals surface area (Å²) in [6, 6.07) is 5.45. The molecule has 20 heavy (non-hydrogen) atoms. The summed E-state index contributed by atoms with van der Waals surface area (Å²) < 4.78 is 0. The van der Waals surface area contributed by atoms with Crippen LogP contribution in [0.3, 0.4) is 0 Å². The van der Waals surface area contributed by atoms with Crippen molar-refractivity contribution in [3.63, 3.8) is 0 Å². The topological polar surface area (TPSA) is 70.2 Å². The summed E-state index contributed by atoms with van der Waals surface area (Å²) in [6.45, 7) is 7.73. The molecular weight excluding hydrogens is 254 g/mol. The fourth-order valence-electron chi connectivity index (χ4n) is 1.51. The van der Waals surface area contributed by atoms with Gasteiger partial charge in [-0.05, 0) is 31.7 Å². The van der Waals surface area contributed by atoms with E-state index in [2.05, 4.69) is 16.0 Å². The van der Waals surface area contributed by atoms with Gasteiger partial charge in [0.2, 0.25) is 11.8 Å². The van der Waals surface area contributed by atoms with E-state index in [0.29, 0.717) is 11.4 Å². The lowest BCUT2D eigenvalue weighted by molar-refractivity contribution is -0.123. The molecule has 1 aromatic rings. The Hall–Kier alpha value is -1.88. The molecule has 0 aliphatic carbocycles. The van der Waals surface area contributed by atoms with Gasteiger partial charge in [0.05, 0.1) is 6.54 Å². The normalized spacial score (nSPS) is 11.1. The Kier molecular flexibility index (Phi) is 5.27. The van der Waals surface area contributed by atoms with Crippen LogP contribution in [0.5, 0.6) is 0 Å². The van der Waals surface area contributed by atoms with Crippen LogP contribution in [-0.4, -0.2) is 25.4 Å². The van der Waals surface area contributed by atoms with Crippen LogP contribution in [0, 0.1) is 12.3 Å². The van der Waals surface area contributed by atoms with Crippen molar-refractivity contribution in [1.29, 1.82) is 0 Å². The number of anilines is 2. The molecule has 0 atom stereocenters. The molecule has 3 N–H and O–H groups in total. The maximum absolute atomic E-state index is 12.0. The first kappa shape index (κ1) is 16.2. The molecule has 0 spiro atoms. The second-order valence-electron chi connectivity index (χ2n) is 5.81. The molecule has 1 aromatic carbocycles. The van der Waals surface area contributed by atoms with Crippen LogP contribution in [0.2, 0.25) is 0 Å². The number of carbonyl (C=O) groups is 2. The first-order valence-electron chi connectivity index (χ1n) is 6.60. The number of aryl methyl sites for hydroxylation is 1. The largest absolute Gasteiger partial charge is 0.325 e. The lowest BCUT2D eigenvalue weighted by Crippen LogP contribution is -2.28. The van der Waals surface area contributed by atoms with E-state index >= 15 is 0 Å². The molecule has 5 heteroatoms. The van der Waals surface area contributed by atoms with Gasteiger partial charge >= 0.3 is 0 Å². The van der Waals surface area contributed by atoms with Crippen LogP contribution in [-0.2, 0) is 9.59 Å². The SMILES string of the molecule is CNCC(=O)Nc1ccc(C)c(NC(=O)C(C)(C)C)c1. The second kappa shape index (κ2) is 6.52. The number of likely N-dealkylation sites (N-methyl/N-ethyl adjacent to an activating group) is 1. The van der Waals surface area contributed by atoms with Crippen LogP contribution in [0.4, 0.5) is 11.4 Å². The van der Waals surface area contributed by atoms with Crippen molar-refractivity contribution in [2.75, 3.05) is 24.2 Å². The summed E-state index contributed by atoms with van der Waals surface area (Å²) in [4.78, 5) is 23.5. The molecule has 0 bridgehead atoms. The van der Waals surface area contributed by atoms with Crippen molar-refractivity contribution in [2.45, 2.75) is 27.7 Å². The monoisotopic (exact) mass is 277 g/mol. The summed E-state index contributed by atoms with van der Waals surface area (Å²) in [7, 11) is 1.71. The Morgan fingerprint density at radius 3 is 2.35 bits per heavy atom. The Morgan fingerprint density at radius 2 is 1.80 bits per heavy atom. The van der Waals surface area contributed by atoms with Crippen LogP contribution in [0.15, 0.2) is 18.2 Å².